The lowest BCUT2D eigenvalue weighted by molar-refractivity contribution is -0.152. The van der Waals surface area contributed by atoms with Crippen molar-refractivity contribution in [1.29, 1.82) is 0 Å². The van der Waals surface area contributed by atoms with Gasteiger partial charge >= 0.3 is 18.3 Å². The van der Waals surface area contributed by atoms with Crippen LogP contribution in [0.25, 0.3) is 0 Å². The summed E-state index contributed by atoms with van der Waals surface area (Å²) in [5.74, 6) is 0.122. The summed E-state index contributed by atoms with van der Waals surface area (Å²) < 4.78 is 25.4. The monoisotopic (exact) mass is 551 g/mol. The van der Waals surface area contributed by atoms with Gasteiger partial charge < -0.3 is 18.5 Å². The minimum atomic E-state index is -3.20. The molecule has 1 aromatic heterocycles. The quantitative estimate of drug-likeness (QED) is 0.337. The molecule has 2 fully saturated rings. The second-order valence-electron chi connectivity index (χ2n) is 9.62. The summed E-state index contributed by atoms with van der Waals surface area (Å²) in [6.07, 6.45) is 6.08. The van der Waals surface area contributed by atoms with E-state index in [1.165, 1.54) is 23.3 Å². The van der Waals surface area contributed by atoms with Crippen LogP contribution in [0.1, 0.15) is 58.6 Å². The van der Waals surface area contributed by atoms with Gasteiger partial charge in [0.25, 0.3) is 5.56 Å². The third kappa shape index (κ3) is 7.61. The maximum absolute atomic E-state index is 12.8. The van der Waals surface area contributed by atoms with E-state index in [-0.39, 0.29) is 30.7 Å². The van der Waals surface area contributed by atoms with Crippen LogP contribution >= 0.6 is 6.64 Å². The molecule has 202 valence electrons. The minimum Gasteiger partial charge on any atom is -0.461 e. The fourth-order valence-corrected chi connectivity index (χ4v) is 7.06. The van der Waals surface area contributed by atoms with Gasteiger partial charge in [0.2, 0.25) is 0 Å². The molecule has 37 heavy (non-hydrogen) atoms. The number of hydrogen-bond donors (Lipinski definition) is 2. The lowest BCUT2D eigenvalue weighted by Gasteiger charge is -2.29. The molecule has 4 rings (SSSR count). The molecule has 5 atom stereocenters. The van der Waals surface area contributed by atoms with Gasteiger partial charge in [0.1, 0.15) is 24.1 Å². The van der Waals surface area contributed by atoms with E-state index in [0.717, 1.165) is 25.7 Å². The van der Waals surface area contributed by atoms with Gasteiger partial charge in [-0.1, -0.05) is 31.5 Å². The molecular weight excluding hydrogens is 517 g/mol. The predicted molar refractivity (Wildman–Crippen MR) is 142 cm³/mol. The number of aromatic nitrogens is 2. The Balaban J connectivity index is 1.41. The SMILES string of the molecule is CC(NP(=S)(OC[C@@H]1C[C@H](C)[C@H](n2ccc(=O)[nH]c2=O)O1)Oc1ccccc1)C(=O)OC1CCCCC1. The van der Waals surface area contributed by atoms with Crippen LogP contribution < -0.4 is 20.9 Å². The predicted octanol–water partition coefficient (Wildman–Crippen LogP) is 3.63. The number of H-pyrrole nitrogens is 1. The maximum Gasteiger partial charge on any atom is 0.330 e. The molecule has 0 radical (unpaired) electrons. The third-order valence-corrected chi connectivity index (χ3v) is 9.02. The van der Waals surface area contributed by atoms with Crippen LogP contribution in [0.2, 0.25) is 0 Å². The van der Waals surface area contributed by atoms with Crippen molar-refractivity contribution >= 4 is 24.4 Å². The normalized spacial score (nSPS) is 24.8. The number of hydrogen-bond acceptors (Lipinski definition) is 8. The maximum atomic E-state index is 12.8. The first kappa shape index (κ1) is 27.7. The Morgan fingerprint density at radius 1 is 1.22 bits per heavy atom. The van der Waals surface area contributed by atoms with E-state index in [1.54, 1.807) is 19.1 Å². The molecule has 12 heteroatoms. The van der Waals surface area contributed by atoms with Crippen molar-refractivity contribution in [2.75, 3.05) is 6.61 Å². The highest BCUT2D eigenvalue weighted by atomic mass is 32.5. The molecular formula is C25H34N3O7PS. The van der Waals surface area contributed by atoms with Gasteiger partial charge in [0, 0.05) is 18.2 Å². The molecule has 1 saturated carbocycles. The van der Waals surface area contributed by atoms with E-state index in [4.69, 9.17) is 30.3 Å². The Morgan fingerprint density at radius 2 is 1.95 bits per heavy atom. The number of ether oxygens (including phenoxy) is 2. The molecule has 2 aliphatic rings. The minimum absolute atomic E-state index is 0.0116. The lowest BCUT2D eigenvalue weighted by atomic mass is 9.98. The molecule has 1 aromatic carbocycles. The topological polar surface area (TPSA) is 121 Å². The standard InChI is InChI=1S/C25H34N3O7PS/c1-17-15-21(33-23(17)28-14-13-22(29)26-25(28)31)16-32-36(37,35-20-11-7-4-8-12-20)27-18(2)24(30)34-19-9-5-3-6-10-19/h4,7-8,11-14,17-19,21,23H,3,5-6,9-10,15-16H2,1-2H3,(H,27,37)(H,26,29,31)/t17-,18?,21-,23+,36?/m0/s1. The van der Waals surface area contributed by atoms with E-state index in [9.17, 15) is 14.4 Å². The first-order valence-corrected chi connectivity index (χ1v) is 15.3. The fourth-order valence-electron chi connectivity index (χ4n) is 4.62. The Kier molecular flexibility index (Phi) is 9.36. The highest BCUT2D eigenvalue weighted by molar-refractivity contribution is 8.09. The molecule has 1 saturated heterocycles. The number of benzene rings is 1. The van der Waals surface area contributed by atoms with E-state index >= 15 is 0 Å². The second-order valence-corrected chi connectivity index (χ2v) is 12.8. The first-order valence-electron chi connectivity index (χ1n) is 12.7. The molecule has 0 spiro atoms. The Labute approximate surface area is 220 Å². The largest absolute Gasteiger partial charge is 0.461 e. The van der Waals surface area contributed by atoms with Gasteiger partial charge in [-0.3, -0.25) is 19.1 Å². The second kappa shape index (κ2) is 12.5. The van der Waals surface area contributed by atoms with Crippen LogP contribution in [0.5, 0.6) is 5.75 Å². The summed E-state index contributed by atoms with van der Waals surface area (Å²) in [4.78, 5) is 38.7. The number of aromatic amines is 1. The fraction of sp³-hybridized carbons (Fsp3) is 0.560. The summed E-state index contributed by atoms with van der Waals surface area (Å²) in [7, 11) is 0. The molecule has 0 amide bonds. The van der Waals surface area contributed by atoms with Gasteiger partial charge in [-0.15, -0.1) is 0 Å². The van der Waals surface area contributed by atoms with Crippen LogP contribution in [0.4, 0.5) is 0 Å². The van der Waals surface area contributed by atoms with Gasteiger partial charge in [-0.2, -0.15) is 0 Å². The number of carbonyl (C=O) groups excluding carboxylic acids is 1. The van der Waals surface area contributed by atoms with Gasteiger partial charge in [0.15, 0.2) is 0 Å². The van der Waals surface area contributed by atoms with Crippen LogP contribution in [-0.2, 0) is 30.6 Å². The lowest BCUT2D eigenvalue weighted by Crippen LogP contribution is -2.37. The van der Waals surface area contributed by atoms with E-state index in [0.29, 0.717) is 12.2 Å². The van der Waals surface area contributed by atoms with E-state index < -0.39 is 30.2 Å². The van der Waals surface area contributed by atoms with Crippen LogP contribution in [0, 0.1) is 5.92 Å². The summed E-state index contributed by atoms with van der Waals surface area (Å²) in [5, 5.41) is 3.08. The molecule has 0 bridgehead atoms. The van der Waals surface area contributed by atoms with Crippen molar-refractivity contribution in [3.8, 4) is 5.75 Å². The number of para-hydroxylation sites is 1. The molecule has 2 aromatic rings. The summed E-state index contributed by atoms with van der Waals surface area (Å²) >= 11 is 5.80. The van der Waals surface area contributed by atoms with Crippen molar-refractivity contribution in [2.45, 2.75) is 76.9 Å². The first-order chi connectivity index (χ1) is 17.7. The summed E-state index contributed by atoms with van der Waals surface area (Å²) in [5.41, 5.74) is -0.997. The van der Waals surface area contributed by atoms with E-state index in [1.807, 2.05) is 25.1 Å². The average molecular weight is 552 g/mol. The van der Waals surface area contributed by atoms with Crippen molar-refractivity contribution in [2.24, 2.45) is 5.92 Å². The van der Waals surface area contributed by atoms with E-state index in [2.05, 4.69) is 10.1 Å². The smallest absolute Gasteiger partial charge is 0.330 e. The van der Waals surface area contributed by atoms with Crippen molar-refractivity contribution < 1.29 is 23.3 Å². The molecule has 2 unspecified atom stereocenters. The number of carbonyl (C=O) groups is 1. The highest BCUT2D eigenvalue weighted by Gasteiger charge is 2.36. The Bertz CT molecular complexity index is 1210. The highest BCUT2D eigenvalue weighted by Crippen LogP contribution is 2.46. The molecule has 10 nitrogen and oxygen atoms in total. The number of esters is 1. The third-order valence-electron chi connectivity index (χ3n) is 6.52. The number of rotatable bonds is 10. The zero-order chi connectivity index (χ0) is 26.4. The average Bonchev–Trinajstić information content (AvgIpc) is 3.24. The number of nitrogens with one attached hydrogen (secondary N) is 2. The molecule has 2 N–H and O–H groups in total. The molecule has 1 aliphatic carbocycles. The van der Waals surface area contributed by atoms with Gasteiger partial charge in [-0.05, 0) is 63.0 Å². The van der Waals surface area contributed by atoms with Crippen molar-refractivity contribution in [3.05, 3.63) is 63.4 Å². The summed E-state index contributed by atoms with van der Waals surface area (Å²) in [6, 6.07) is 9.60. The zero-order valence-corrected chi connectivity index (χ0v) is 22.7. The van der Waals surface area contributed by atoms with Crippen LogP contribution in [0.15, 0.2) is 52.2 Å². The summed E-state index contributed by atoms with van der Waals surface area (Å²) in [6.45, 7) is 0.549. The van der Waals surface area contributed by atoms with Crippen LogP contribution in [-0.4, -0.2) is 40.4 Å². The number of nitrogens with zero attached hydrogens (tertiary/aromatic N) is 1. The zero-order valence-electron chi connectivity index (χ0n) is 21.0. The Morgan fingerprint density at radius 3 is 2.65 bits per heavy atom. The van der Waals surface area contributed by atoms with Crippen molar-refractivity contribution in [3.63, 3.8) is 0 Å². The van der Waals surface area contributed by atoms with Gasteiger partial charge in [0.05, 0.1) is 12.7 Å². The Hall–Kier alpha value is -2.30. The molecule has 1 aliphatic heterocycles. The van der Waals surface area contributed by atoms with Gasteiger partial charge in [-0.25, -0.2) is 9.88 Å². The van der Waals surface area contributed by atoms with Crippen molar-refractivity contribution in [1.82, 2.24) is 14.6 Å². The molecule has 2 heterocycles. The van der Waals surface area contributed by atoms with Crippen LogP contribution in [0.3, 0.4) is 0 Å².